The second kappa shape index (κ2) is 5.69. The fourth-order valence-corrected chi connectivity index (χ4v) is 2.34. The molecule has 94 valence electrons. The second-order valence-electron chi connectivity index (χ2n) is 3.67. The van der Waals surface area contributed by atoms with E-state index < -0.39 is 0 Å². The molecule has 0 aliphatic rings. The summed E-state index contributed by atoms with van der Waals surface area (Å²) in [6.45, 7) is 0. The Labute approximate surface area is 110 Å². The second-order valence-corrected chi connectivity index (χ2v) is 4.61. The Hall–Kier alpha value is -1.81. The molecule has 1 heterocycles. The highest BCUT2D eigenvalue weighted by molar-refractivity contribution is 7.10. The van der Waals surface area contributed by atoms with Crippen LogP contribution in [0.1, 0.15) is 10.4 Å². The lowest BCUT2D eigenvalue weighted by Gasteiger charge is -2.10. The Bertz CT molecular complexity index is 540. The number of hydrogen-bond donors (Lipinski definition) is 1. The van der Waals surface area contributed by atoms with Crippen LogP contribution >= 0.6 is 11.3 Å². The number of nitrogens with one attached hydrogen (secondary N) is 1. The van der Waals surface area contributed by atoms with Crippen molar-refractivity contribution in [2.75, 3.05) is 19.5 Å². The van der Waals surface area contributed by atoms with Gasteiger partial charge in [0, 0.05) is 28.6 Å². The van der Waals surface area contributed by atoms with E-state index in [4.69, 9.17) is 4.74 Å². The summed E-state index contributed by atoms with van der Waals surface area (Å²) in [6.07, 6.45) is 3.81. The van der Waals surface area contributed by atoms with Crippen molar-refractivity contribution < 1.29 is 9.13 Å². The largest absolute Gasteiger partial charge is 0.496 e. The Morgan fingerprint density at radius 1 is 1.33 bits per heavy atom. The quantitative estimate of drug-likeness (QED) is 0.896. The average Bonchev–Trinajstić information content (AvgIpc) is 2.81. The first-order valence-corrected chi connectivity index (χ1v) is 6.39. The molecule has 18 heavy (non-hydrogen) atoms. The minimum absolute atomic E-state index is 0.200. The maximum Gasteiger partial charge on any atom is 0.134 e. The number of hydrogen-bond acceptors (Lipinski definition) is 3. The fourth-order valence-electron chi connectivity index (χ4n) is 1.69. The zero-order chi connectivity index (χ0) is 13.0. The van der Waals surface area contributed by atoms with Crippen LogP contribution in [0.3, 0.4) is 0 Å². The zero-order valence-corrected chi connectivity index (χ0v) is 11.1. The van der Waals surface area contributed by atoms with Gasteiger partial charge >= 0.3 is 0 Å². The van der Waals surface area contributed by atoms with Crippen molar-refractivity contribution >= 4 is 29.2 Å². The minimum atomic E-state index is -0.200. The van der Waals surface area contributed by atoms with Crippen LogP contribution in [-0.4, -0.2) is 14.2 Å². The molecule has 4 heteroatoms. The van der Waals surface area contributed by atoms with Gasteiger partial charge in [-0.1, -0.05) is 6.07 Å². The predicted octanol–water partition coefficient (Wildman–Crippen LogP) is 4.11. The van der Waals surface area contributed by atoms with Gasteiger partial charge in [-0.15, -0.1) is 11.3 Å². The van der Waals surface area contributed by atoms with Crippen molar-refractivity contribution in [1.29, 1.82) is 0 Å². The van der Waals surface area contributed by atoms with E-state index in [0.717, 1.165) is 21.9 Å². The molecule has 0 radical (unpaired) electrons. The van der Waals surface area contributed by atoms with Crippen molar-refractivity contribution in [2.24, 2.45) is 0 Å². The van der Waals surface area contributed by atoms with Crippen LogP contribution in [0.25, 0.3) is 12.2 Å². The van der Waals surface area contributed by atoms with Crippen molar-refractivity contribution in [3.8, 4) is 5.75 Å². The van der Waals surface area contributed by atoms with Gasteiger partial charge in [0.05, 0.1) is 7.11 Å². The van der Waals surface area contributed by atoms with E-state index in [0.29, 0.717) is 0 Å². The highest BCUT2D eigenvalue weighted by Gasteiger charge is 2.04. The van der Waals surface area contributed by atoms with E-state index in [1.165, 1.54) is 22.8 Å². The van der Waals surface area contributed by atoms with Gasteiger partial charge in [-0.25, -0.2) is 4.39 Å². The molecule has 2 aromatic rings. The fraction of sp³-hybridized carbons (Fsp3) is 0.143. The van der Waals surface area contributed by atoms with Gasteiger partial charge in [0.2, 0.25) is 0 Å². The summed E-state index contributed by atoms with van der Waals surface area (Å²) in [6, 6.07) is 7.30. The predicted molar refractivity (Wildman–Crippen MR) is 75.7 cm³/mol. The number of benzene rings is 1. The SMILES string of the molecule is CNc1cccc(OC)c1/C=C/c1cc(F)cs1. The van der Waals surface area contributed by atoms with Gasteiger partial charge in [0.1, 0.15) is 11.6 Å². The lowest BCUT2D eigenvalue weighted by Crippen LogP contribution is -1.94. The van der Waals surface area contributed by atoms with Gasteiger partial charge in [-0.05, 0) is 30.4 Å². The molecule has 1 aromatic carbocycles. The van der Waals surface area contributed by atoms with Crippen LogP contribution in [0.4, 0.5) is 10.1 Å². The van der Waals surface area contributed by atoms with E-state index in [2.05, 4.69) is 5.32 Å². The molecular weight excluding hydrogens is 249 g/mol. The van der Waals surface area contributed by atoms with Gasteiger partial charge in [0.15, 0.2) is 0 Å². The summed E-state index contributed by atoms with van der Waals surface area (Å²) in [5.74, 6) is 0.587. The minimum Gasteiger partial charge on any atom is -0.496 e. The smallest absolute Gasteiger partial charge is 0.134 e. The standard InChI is InChI=1S/C14H14FNOS/c1-16-13-4-3-5-14(17-2)12(13)7-6-11-8-10(15)9-18-11/h3-9,16H,1-2H3/b7-6+. The molecule has 2 rings (SSSR count). The number of rotatable bonds is 4. The molecule has 0 atom stereocenters. The summed E-state index contributed by atoms with van der Waals surface area (Å²) < 4.78 is 18.2. The van der Waals surface area contributed by atoms with Crippen molar-refractivity contribution in [3.63, 3.8) is 0 Å². The lowest BCUT2D eigenvalue weighted by atomic mass is 10.1. The molecule has 0 aliphatic heterocycles. The van der Waals surface area contributed by atoms with E-state index in [1.807, 2.05) is 37.4 Å². The van der Waals surface area contributed by atoms with E-state index in [-0.39, 0.29) is 5.82 Å². The molecular formula is C14H14FNOS. The molecule has 0 aliphatic carbocycles. The molecule has 0 fully saturated rings. The van der Waals surface area contributed by atoms with Gasteiger partial charge < -0.3 is 10.1 Å². The molecule has 0 amide bonds. The number of methoxy groups -OCH3 is 1. The maximum atomic E-state index is 12.9. The summed E-state index contributed by atoms with van der Waals surface area (Å²) in [7, 11) is 3.49. The van der Waals surface area contributed by atoms with Crippen molar-refractivity contribution in [2.45, 2.75) is 0 Å². The number of ether oxygens (including phenoxy) is 1. The molecule has 1 aromatic heterocycles. The van der Waals surface area contributed by atoms with Crippen molar-refractivity contribution in [1.82, 2.24) is 0 Å². The first-order chi connectivity index (χ1) is 8.74. The molecule has 0 saturated carbocycles. The maximum absolute atomic E-state index is 12.9. The Morgan fingerprint density at radius 3 is 2.78 bits per heavy atom. The first-order valence-electron chi connectivity index (χ1n) is 5.51. The molecule has 1 N–H and O–H groups in total. The van der Waals surface area contributed by atoms with E-state index in [1.54, 1.807) is 7.11 Å². The molecule has 0 saturated heterocycles. The molecule has 2 nitrogen and oxygen atoms in total. The topological polar surface area (TPSA) is 21.3 Å². The third-order valence-corrected chi connectivity index (χ3v) is 3.43. The first kappa shape index (κ1) is 12.6. The normalized spacial score (nSPS) is 10.8. The third-order valence-electron chi connectivity index (χ3n) is 2.56. The van der Waals surface area contributed by atoms with Crippen LogP contribution in [0.2, 0.25) is 0 Å². The lowest BCUT2D eigenvalue weighted by molar-refractivity contribution is 0.414. The van der Waals surface area contributed by atoms with Crippen LogP contribution < -0.4 is 10.1 Å². The Morgan fingerprint density at radius 2 is 2.17 bits per heavy atom. The number of anilines is 1. The molecule has 0 spiro atoms. The third kappa shape index (κ3) is 2.71. The monoisotopic (exact) mass is 263 g/mol. The van der Waals surface area contributed by atoms with Crippen LogP contribution in [-0.2, 0) is 0 Å². The Balaban J connectivity index is 2.35. The van der Waals surface area contributed by atoms with Gasteiger partial charge in [-0.3, -0.25) is 0 Å². The zero-order valence-electron chi connectivity index (χ0n) is 10.2. The highest BCUT2D eigenvalue weighted by atomic mass is 32.1. The summed E-state index contributed by atoms with van der Waals surface area (Å²) in [5, 5.41) is 4.60. The molecule has 0 unspecified atom stereocenters. The van der Waals surface area contributed by atoms with Crippen LogP contribution in [0, 0.1) is 5.82 Å². The summed E-state index contributed by atoms with van der Waals surface area (Å²) in [4.78, 5) is 0.875. The molecule has 0 bridgehead atoms. The van der Waals surface area contributed by atoms with Crippen LogP contribution in [0.5, 0.6) is 5.75 Å². The van der Waals surface area contributed by atoms with Crippen molar-refractivity contribution in [3.05, 3.63) is 45.9 Å². The van der Waals surface area contributed by atoms with Gasteiger partial charge in [-0.2, -0.15) is 0 Å². The van der Waals surface area contributed by atoms with Crippen LogP contribution in [0.15, 0.2) is 29.6 Å². The van der Waals surface area contributed by atoms with E-state index >= 15 is 0 Å². The number of thiophene rings is 1. The highest BCUT2D eigenvalue weighted by Crippen LogP contribution is 2.28. The summed E-state index contributed by atoms with van der Waals surface area (Å²) >= 11 is 1.37. The average molecular weight is 263 g/mol. The number of halogens is 1. The van der Waals surface area contributed by atoms with Gasteiger partial charge in [0.25, 0.3) is 0 Å². The van der Waals surface area contributed by atoms with E-state index in [9.17, 15) is 4.39 Å². The Kier molecular flexibility index (Phi) is 3.99. The summed E-state index contributed by atoms with van der Waals surface area (Å²) in [5.41, 5.74) is 1.93.